The van der Waals surface area contributed by atoms with Crippen molar-refractivity contribution in [3.63, 3.8) is 0 Å². The first-order chi connectivity index (χ1) is 10.1. The number of nitrogens with zero attached hydrogens (tertiary/aromatic N) is 2. The third kappa shape index (κ3) is 4.41. The lowest BCUT2D eigenvalue weighted by atomic mass is 10.1. The standard InChI is InChI=1S/C15H25N3O2S/c1-2-9-16-15-13-14(8-10-17-15)21(19,20)18-11-6-4-3-5-7-12-18/h8,10,13H,2-7,9,11-12H2,1H3,(H,16,17). The summed E-state index contributed by atoms with van der Waals surface area (Å²) in [5, 5.41) is 3.14. The molecule has 1 aromatic rings. The molecule has 1 saturated heterocycles. The largest absolute Gasteiger partial charge is 0.370 e. The predicted octanol–water partition coefficient (Wildman–Crippen LogP) is 2.86. The van der Waals surface area contributed by atoms with Gasteiger partial charge in [0.15, 0.2) is 0 Å². The highest BCUT2D eigenvalue weighted by molar-refractivity contribution is 7.89. The van der Waals surface area contributed by atoms with Gasteiger partial charge in [-0.25, -0.2) is 13.4 Å². The second-order valence-electron chi connectivity index (χ2n) is 5.48. The SMILES string of the molecule is CCCNc1cc(S(=O)(=O)N2CCCCCCC2)ccn1. The number of nitrogens with one attached hydrogen (secondary N) is 1. The lowest BCUT2D eigenvalue weighted by Gasteiger charge is -2.24. The third-order valence-electron chi connectivity index (χ3n) is 3.74. The fourth-order valence-corrected chi connectivity index (χ4v) is 4.06. The van der Waals surface area contributed by atoms with Crippen molar-refractivity contribution in [2.45, 2.75) is 50.3 Å². The molecule has 118 valence electrons. The Morgan fingerprint density at radius 1 is 1.19 bits per heavy atom. The molecule has 6 heteroatoms. The zero-order valence-electron chi connectivity index (χ0n) is 12.7. The Balaban J connectivity index is 2.17. The Labute approximate surface area is 127 Å². The van der Waals surface area contributed by atoms with Gasteiger partial charge in [-0.1, -0.05) is 26.2 Å². The van der Waals surface area contributed by atoms with Crippen molar-refractivity contribution < 1.29 is 8.42 Å². The molecule has 5 nitrogen and oxygen atoms in total. The van der Waals surface area contributed by atoms with Crippen LogP contribution in [-0.2, 0) is 10.0 Å². The summed E-state index contributed by atoms with van der Waals surface area (Å²) in [6.07, 6.45) is 7.89. The fraction of sp³-hybridized carbons (Fsp3) is 0.667. The van der Waals surface area contributed by atoms with Gasteiger partial charge in [0, 0.05) is 31.9 Å². The second kappa shape index (κ2) is 7.75. The maximum atomic E-state index is 12.7. The van der Waals surface area contributed by atoms with E-state index in [0.29, 0.717) is 23.8 Å². The van der Waals surface area contributed by atoms with Gasteiger partial charge >= 0.3 is 0 Å². The fourth-order valence-electron chi connectivity index (χ4n) is 2.53. The number of rotatable bonds is 5. The average Bonchev–Trinajstić information content (AvgIpc) is 2.44. The molecule has 0 bridgehead atoms. The van der Waals surface area contributed by atoms with E-state index in [1.54, 1.807) is 22.6 Å². The highest BCUT2D eigenvalue weighted by Crippen LogP contribution is 2.21. The monoisotopic (exact) mass is 311 g/mol. The summed E-state index contributed by atoms with van der Waals surface area (Å²) in [7, 11) is -3.40. The van der Waals surface area contributed by atoms with Gasteiger partial charge in [-0.3, -0.25) is 0 Å². The molecule has 1 N–H and O–H groups in total. The van der Waals surface area contributed by atoms with Crippen LogP contribution in [0, 0.1) is 0 Å². The lowest BCUT2D eigenvalue weighted by molar-refractivity contribution is 0.364. The predicted molar refractivity (Wildman–Crippen MR) is 84.9 cm³/mol. The summed E-state index contributed by atoms with van der Waals surface area (Å²) >= 11 is 0. The van der Waals surface area contributed by atoms with Crippen molar-refractivity contribution in [2.24, 2.45) is 0 Å². The quantitative estimate of drug-likeness (QED) is 0.908. The number of sulfonamides is 1. The first-order valence-corrected chi connectivity index (χ1v) is 9.28. The van der Waals surface area contributed by atoms with Gasteiger partial charge < -0.3 is 5.32 Å². The van der Waals surface area contributed by atoms with Crippen LogP contribution in [0.2, 0.25) is 0 Å². The maximum Gasteiger partial charge on any atom is 0.243 e. The summed E-state index contributed by atoms with van der Waals surface area (Å²) in [6.45, 7) is 4.11. The van der Waals surface area contributed by atoms with Gasteiger partial charge in [0.05, 0.1) is 4.90 Å². The smallest absolute Gasteiger partial charge is 0.243 e. The van der Waals surface area contributed by atoms with Crippen molar-refractivity contribution in [2.75, 3.05) is 25.0 Å². The average molecular weight is 311 g/mol. The third-order valence-corrected chi connectivity index (χ3v) is 5.63. The van der Waals surface area contributed by atoms with E-state index in [1.165, 1.54) is 6.42 Å². The van der Waals surface area contributed by atoms with Gasteiger partial charge in [-0.15, -0.1) is 0 Å². The molecule has 0 aliphatic carbocycles. The molecule has 0 amide bonds. The minimum Gasteiger partial charge on any atom is -0.370 e. The van der Waals surface area contributed by atoms with Crippen LogP contribution in [0.1, 0.15) is 45.4 Å². The lowest BCUT2D eigenvalue weighted by Crippen LogP contribution is -2.33. The van der Waals surface area contributed by atoms with Gasteiger partial charge in [0.25, 0.3) is 0 Å². The molecule has 1 aliphatic heterocycles. The van der Waals surface area contributed by atoms with E-state index in [4.69, 9.17) is 0 Å². The van der Waals surface area contributed by atoms with Gasteiger partial charge in [0.1, 0.15) is 5.82 Å². The van der Waals surface area contributed by atoms with E-state index < -0.39 is 10.0 Å². The molecule has 1 aromatic heterocycles. The highest BCUT2D eigenvalue weighted by Gasteiger charge is 2.24. The Morgan fingerprint density at radius 3 is 2.52 bits per heavy atom. The van der Waals surface area contributed by atoms with E-state index in [0.717, 1.165) is 38.6 Å². The first-order valence-electron chi connectivity index (χ1n) is 7.84. The second-order valence-corrected chi connectivity index (χ2v) is 7.41. The normalized spacial score (nSPS) is 18.0. The minimum absolute atomic E-state index is 0.344. The molecule has 21 heavy (non-hydrogen) atoms. The zero-order valence-corrected chi connectivity index (χ0v) is 13.5. The van der Waals surface area contributed by atoms with E-state index in [1.807, 2.05) is 0 Å². The maximum absolute atomic E-state index is 12.7. The Kier molecular flexibility index (Phi) is 5.99. The van der Waals surface area contributed by atoms with Gasteiger partial charge in [-0.2, -0.15) is 4.31 Å². The van der Waals surface area contributed by atoms with E-state index in [-0.39, 0.29) is 0 Å². The summed E-state index contributed by atoms with van der Waals surface area (Å²) in [5.74, 6) is 0.630. The molecule has 0 radical (unpaired) electrons. The molecule has 1 fully saturated rings. The van der Waals surface area contributed by atoms with Crippen LogP contribution in [0.5, 0.6) is 0 Å². The number of hydrogen-bond acceptors (Lipinski definition) is 4. The Morgan fingerprint density at radius 2 is 1.86 bits per heavy atom. The molecule has 0 saturated carbocycles. The Hall–Kier alpha value is -1.14. The molecule has 0 aromatic carbocycles. The molecule has 0 atom stereocenters. The number of pyridine rings is 1. The van der Waals surface area contributed by atoms with Crippen LogP contribution in [0.3, 0.4) is 0 Å². The summed E-state index contributed by atoms with van der Waals surface area (Å²) in [4.78, 5) is 4.52. The van der Waals surface area contributed by atoms with Gasteiger partial charge in [0.2, 0.25) is 10.0 Å². The van der Waals surface area contributed by atoms with E-state index in [2.05, 4.69) is 17.2 Å². The van der Waals surface area contributed by atoms with E-state index >= 15 is 0 Å². The summed E-state index contributed by atoms with van der Waals surface area (Å²) < 4.78 is 27.1. The number of hydrogen-bond donors (Lipinski definition) is 1. The molecule has 1 aliphatic rings. The molecular formula is C15H25N3O2S. The zero-order chi connectivity index (χ0) is 15.1. The number of anilines is 1. The van der Waals surface area contributed by atoms with Crippen LogP contribution in [0.15, 0.2) is 23.2 Å². The molecular weight excluding hydrogens is 286 g/mol. The molecule has 2 heterocycles. The van der Waals surface area contributed by atoms with Crippen LogP contribution in [0.4, 0.5) is 5.82 Å². The van der Waals surface area contributed by atoms with Crippen LogP contribution >= 0.6 is 0 Å². The van der Waals surface area contributed by atoms with Crippen LogP contribution in [-0.4, -0.2) is 37.3 Å². The van der Waals surface area contributed by atoms with Crippen molar-refractivity contribution in [1.82, 2.24) is 9.29 Å². The summed E-state index contributed by atoms with van der Waals surface area (Å²) in [6, 6.07) is 3.23. The van der Waals surface area contributed by atoms with Crippen molar-refractivity contribution in [3.8, 4) is 0 Å². The Bertz CT molecular complexity index is 538. The van der Waals surface area contributed by atoms with Crippen molar-refractivity contribution >= 4 is 15.8 Å². The molecule has 0 spiro atoms. The molecule has 2 rings (SSSR count). The first kappa shape index (κ1) is 16.2. The number of aromatic nitrogens is 1. The van der Waals surface area contributed by atoms with Crippen LogP contribution in [0.25, 0.3) is 0 Å². The molecule has 0 unspecified atom stereocenters. The van der Waals surface area contributed by atoms with Gasteiger partial charge in [-0.05, 0) is 25.3 Å². The van der Waals surface area contributed by atoms with Crippen LogP contribution < -0.4 is 5.32 Å². The minimum atomic E-state index is -3.40. The highest BCUT2D eigenvalue weighted by atomic mass is 32.2. The summed E-state index contributed by atoms with van der Waals surface area (Å²) in [5.41, 5.74) is 0. The van der Waals surface area contributed by atoms with E-state index in [9.17, 15) is 8.42 Å². The van der Waals surface area contributed by atoms with Crippen molar-refractivity contribution in [3.05, 3.63) is 18.3 Å². The topological polar surface area (TPSA) is 62.3 Å². The van der Waals surface area contributed by atoms with Crippen molar-refractivity contribution in [1.29, 1.82) is 0 Å².